The van der Waals surface area contributed by atoms with Crippen molar-refractivity contribution in [1.29, 1.82) is 0 Å². The van der Waals surface area contributed by atoms with Crippen LogP contribution in [0.4, 0.5) is 5.82 Å². The van der Waals surface area contributed by atoms with Gasteiger partial charge in [0.15, 0.2) is 16.7 Å². The van der Waals surface area contributed by atoms with Gasteiger partial charge in [0.25, 0.3) is 0 Å². The first-order chi connectivity index (χ1) is 8.95. The molecule has 0 aliphatic rings. The van der Waals surface area contributed by atoms with Crippen molar-refractivity contribution in [1.82, 2.24) is 14.9 Å². The SMILES string of the molecule is COc1c(Cl)ncnc1N(CCN(C)C)CC(C)C. The van der Waals surface area contributed by atoms with Gasteiger partial charge in [-0.1, -0.05) is 25.4 Å². The molecule has 0 aromatic carbocycles. The van der Waals surface area contributed by atoms with Gasteiger partial charge in [0, 0.05) is 19.6 Å². The highest BCUT2D eigenvalue weighted by molar-refractivity contribution is 6.31. The molecule has 0 saturated carbocycles. The Hall–Kier alpha value is -1.07. The Morgan fingerprint density at radius 3 is 2.47 bits per heavy atom. The number of halogens is 1. The summed E-state index contributed by atoms with van der Waals surface area (Å²) >= 11 is 6.06. The molecule has 0 unspecified atom stereocenters. The van der Waals surface area contributed by atoms with Gasteiger partial charge < -0.3 is 14.5 Å². The second-order valence-corrected chi connectivity index (χ2v) is 5.52. The summed E-state index contributed by atoms with van der Waals surface area (Å²) in [6.45, 7) is 7.07. The minimum atomic E-state index is 0.353. The molecule has 108 valence electrons. The maximum absolute atomic E-state index is 6.06. The molecule has 0 fully saturated rings. The molecule has 0 radical (unpaired) electrons. The minimum Gasteiger partial charge on any atom is -0.490 e. The topological polar surface area (TPSA) is 41.5 Å². The lowest BCUT2D eigenvalue weighted by Crippen LogP contribution is -2.35. The molecule has 0 saturated heterocycles. The first kappa shape index (κ1) is 16.0. The summed E-state index contributed by atoms with van der Waals surface area (Å²) in [4.78, 5) is 12.6. The Bertz CT molecular complexity index is 398. The normalized spacial score (nSPS) is 11.2. The Morgan fingerprint density at radius 2 is 1.95 bits per heavy atom. The summed E-state index contributed by atoms with van der Waals surface area (Å²) < 4.78 is 5.33. The molecule has 6 heteroatoms. The van der Waals surface area contributed by atoms with E-state index in [9.17, 15) is 0 Å². The van der Waals surface area contributed by atoms with Crippen LogP contribution in [0.15, 0.2) is 6.33 Å². The van der Waals surface area contributed by atoms with E-state index in [0.29, 0.717) is 16.8 Å². The quantitative estimate of drug-likeness (QED) is 0.719. The summed E-state index contributed by atoms with van der Waals surface area (Å²) in [5, 5.41) is 0.353. The average molecular weight is 287 g/mol. The van der Waals surface area contributed by atoms with E-state index >= 15 is 0 Å². The number of nitrogens with zero attached hydrogens (tertiary/aromatic N) is 4. The number of anilines is 1. The molecule has 0 bridgehead atoms. The van der Waals surface area contributed by atoms with Gasteiger partial charge in [0.05, 0.1) is 7.11 Å². The Balaban J connectivity index is 2.98. The van der Waals surface area contributed by atoms with Gasteiger partial charge in [-0.15, -0.1) is 0 Å². The van der Waals surface area contributed by atoms with E-state index in [0.717, 1.165) is 25.5 Å². The standard InChI is InChI=1S/C13H23ClN4O/c1-10(2)8-18(7-6-17(3)4)13-11(19-5)12(14)15-9-16-13/h9-10H,6-8H2,1-5H3. The van der Waals surface area contributed by atoms with Gasteiger partial charge in [0.2, 0.25) is 0 Å². The zero-order valence-electron chi connectivity index (χ0n) is 12.4. The second kappa shape index (κ2) is 7.50. The van der Waals surface area contributed by atoms with Crippen LogP contribution < -0.4 is 9.64 Å². The molecule has 0 aliphatic carbocycles. The van der Waals surface area contributed by atoms with Crippen molar-refractivity contribution in [2.24, 2.45) is 5.92 Å². The molecule has 1 aromatic heterocycles. The molecule has 0 spiro atoms. The minimum absolute atomic E-state index is 0.353. The van der Waals surface area contributed by atoms with Gasteiger partial charge in [-0.05, 0) is 20.0 Å². The summed E-state index contributed by atoms with van der Waals surface area (Å²) in [5.41, 5.74) is 0. The van der Waals surface area contributed by atoms with Crippen LogP contribution in [0, 0.1) is 5.92 Å². The van der Waals surface area contributed by atoms with E-state index in [-0.39, 0.29) is 0 Å². The molecule has 5 nitrogen and oxygen atoms in total. The van der Waals surface area contributed by atoms with Crippen molar-refractivity contribution in [3.8, 4) is 5.75 Å². The maximum Gasteiger partial charge on any atom is 0.199 e. The van der Waals surface area contributed by atoms with Crippen molar-refractivity contribution >= 4 is 17.4 Å². The van der Waals surface area contributed by atoms with E-state index in [1.807, 2.05) is 0 Å². The predicted octanol–water partition coefficient (Wildman–Crippen LogP) is 2.16. The third-order valence-corrected chi connectivity index (χ3v) is 2.92. The molecular formula is C13H23ClN4O. The third kappa shape index (κ3) is 4.84. The number of aromatic nitrogens is 2. The lowest BCUT2D eigenvalue weighted by atomic mass is 10.2. The van der Waals surface area contributed by atoms with Crippen LogP contribution in [0.5, 0.6) is 5.75 Å². The smallest absolute Gasteiger partial charge is 0.199 e. The van der Waals surface area contributed by atoms with E-state index < -0.39 is 0 Å². The number of ether oxygens (including phenoxy) is 1. The van der Waals surface area contributed by atoms with Crippen LogP contribution in [0.2, 0.25) is 5.15 Å². The van der Waals surface area contributed by atoms with Crippen LogP contribution in [-0.2, 0) is 0 Å². The average Bonchev–Trinajstić information content (AvgIpc) is 2.33. The van der Waals surface area contributed by atoms with Gasteiger partial charge in [-0.2, -0.15) is 0 Å². The molecule has 1 heterocycles. The Labute approximate surface area is 120 Å². The van der Waals surface area contributed by atoms with Crippen molar-refractivity contribution < 1.29 is 4.74 Å². The van der Waals surface area contributed by atoms with E-state index in [2.05, 4.69) is 47.7 Å². The van der Waals surface area contributed by atoms with Gasteiger partial charge >= 0.3 is 0 Å². The highest BCUT2D eigenvalue weighted by atomic mass is 35.5. The van der Waals surface area contributed by atoms with Gasteiger partial charge in [-0.25, -0.2) is 9.97 Å². The zero-order chi connectivity index (χ0) is 14.4. The third-order valence-electron chi connectivity index (χ3n) is 2.65. The first-order valence-corrected chi connectivity index (χ1v) is 6.77. The number of hydrogen-bond acceptors (Lipinski definition) is 5. The second-order valence-electron chi connectivity index (χ2n) is 5.16. The fourth-order valence-corrected chi connectivity index (χ4v) is 1.99. The maximum atomic E-state index is 6.06. The molecule has 1 aromatic rings. The van der Waals surface area contributed by atoms with Crippen molar-refractivity contribution in [3.05, 3.63) is 11.5 Å². The summed E-state index contributed by atoms with van der Waals surface area (Å²) in [7, 11) is 5.70. The van der Waals surface area contributed by atoms with E-state index in [1.54, 1.807) is 7.11 Å². The van der Waals surface area contributed by atoms with Crippen LogP contribution in [-0.4, -0.2) is 55.7 Å². The molecule has 19 heavy (non-hydrogen) atoms. The lowest BCUT2D eigenvalue weighted by Gasteiger charge is -2.28. The number of methoxy groups -OCH3 is 1. The highest BCUT2D eigenvalue weighted by Gasteiger charge is 2.18. The number of likely N-dealkylation sites (N-methyl/N-ethyl adjacent to an activating group) is 1. The molecule has 0 amide bonds. The summed E-state index contributed by atoms with van der Waals surface area (Å²) in [6, 6.07) is 0. The Kier molecular flexibility index (Phi) is 6.31. The van der Waals surface area contributed by atoms with Crippen molar-refractivity contribution in [2.75, 3.05) is 45.7 Å². The summed E-state index contributed by atoms with van der Waals surface area (Å²) in [5.74, 6) is 1.84. The van der Waals surface area contributed by atoms with Crippen LogP contribution in [0.3, 0.4) is 0 Å². The largest absolute Gasteiger partial charge is 0.490 e. The zero-order valence-corrected chi connectivity index (χ0v) is 13.1. The van der Waals surface area contributed by atoms with Crippen molar-refractivity contribution in [3.63, 3.8) is 0 Å². The van der Waals surface area contributed by atoms with Crippen LogP contribution in [0.25, 0.3) is 0 Å². The van der Waals surface area contributed by atoms with E-state index in [1.165, 1.54) is 6.33 Å². The van der Waals surface area contributed by atoms with Gasteiger partial charge in [-0.3, -0.25) is 0 Å². The highest BCUT2D eigenvalue weighted by Crippen LogP contribution is 2.31. The number of hydrogen-bond donors (Lipinski definition) is 0. The van der Waals surface area contributed by atoms with E-state index in [4.69, 9.17) is 16.3 Å². The molecule has 0 N–H and O–H groups in total. The molecule has 0 atom stereocenters. The molecule has 1 rings (SSSR count). The van der Waals surface area contributed by atoms with Gasteiger partial charge in [0.1, 0.15) is 6.33 Å². The number of rotatable bonds is 7. The molecular weight excluding hydrogens is 264 g/mol. The fraction of sp³-hybridized carbons (Fsp3) is 0.692. The van der Waals surface area contributed by atoms with Crippen molar-refractivity contribution in [2.45, 2.75) is 13.8 Å². The first-order valence-electron chi connectivity index (χ1n) is 6.39. The molecule has 0 aliphatic heterocycles. The fourth-order valence-electron chi connectivity index (χ4n) is 1.79. The van der Waals surface area contributed by atoms with Crippen LogP contribution in [0.1, 0.15) is 13.8 Å². The Morgan fingerprint density at radius 1 is 1.26 bits per heavy atom. The van der Waals surface area contributed by atoms with Crippen LogP contribution >= 0.6 is 11.6 Å². The lowest BCUT2D eigenvalue weighted by molar-refractivity contribution is 0.396. The monoisotopic (exact) mass is 286 g/mol. The predicted molar refractivity (Wildman–Crippen MR) is 79.2 cm³/mol. The summed E-state index contributed by atoms with van der Waals surface area (Å²) in [6.07, 6.45) is 1.48.